The van der Waals surface area contributed by atoms with Crippen molar-refractivity contribution < 1.29 is 10.2 Å². The van der Waals surface area contributed by atoms with Crippen LogP contribution in [0.3, 0.4) is 0 Å². The summed E-state index contributed by atoms with van der Waals surface area (Å²) < 4.78 is 0. The number of aliphatic hydroxyl groups excluding tert-OH is 1. The molecule has 0 heterocycles. The molecule has 3 rings (SSSR count). The fourth-order valence-electron chi connectivity index (χ4n) is 3.25. The normalized spacial score (nSPS) is 17.7. The SMILES string of the molecule is Cl.Oc1ccc2c(c1)CCC(CNCC(O)c1cccc(Cl)c1)C2. The van der Waals surface area contributed by atoms with Crippen LogP contribution in [-0.2, 0) is 12.8 Å². The van der Waals surface area contributed by atoms with E-state index in [4.69, 9.17) is 11.6 Å². The highest BCUT2D eigenvalue weighted by Gasteiger charge is 2.19. The van der Waals surface area contributed by atoms with Gasteiger partial charge in [-0.3, -0.25) is 0 Å². The second kappa shape index (κ2) is 8.72. The van der Waals surface area contributed by atoms with E-state index in [2.05, 4.69) is 5.32 Å². The Morgan fingerprint density at radius 2 is 2.00 bits per heavy atom. The lowest BCUT2D eigenvalue weighted by Crippen LogP contribution is -2.30. The van der Waals surface area contributed by atoms with Crippen molar-refractivity contribution in [2.75, 3.05) is 13.1 Å². The van der Waals surface area contributed by atoms with Gasteiger partial charge in [0.25, 0.3) is 0 Å². The first-order chi connectivity index (χ1) is 11.1. The fraction of sp³-hybridized carbons (Fsp3) is 0.368. The van der Waals surface area contributed by atoms with Crippen LogP contribution in [0.4, 0.5) is 0 Å². The van der Waals surface area contributed by atoms with Gasteiger partial charge in [-0.15, -0.1) is 12.4 Å². The number of phenolic OH excluding ortho intramolecular Hbond substituents is 1. The van der Waals surface area contributed by atoms with Gasteiger partial charge in [0.05, 0.1) is 6.10 Å². The lowest BCUT2D eigenvalue weighted by Gasteiger charge is -2.25. The van der Waals surface area contributed by atoms with Crippen molar-refractivity contribution in [2.45, 2.75) is 25.4 Å². The minimum Gasteiger partial charge on any atom is -0.508 e. The molecule has 0 saturated heterocycles. The van der Waals surface area contributed by atoms with Gasteiger partial charge in [0.2, 0.25) is 0 Å². The summed E-state index contributed by atoms with van der Waals surface area (Å²) >= 11 is 5.95. The van der Waals surface area contributed by atoms with Gasteiger partial charge in [-0.25, -0.2) is 0 Å². The molecule has 2 atom stereocenters. The van der Waals surface area contributed by atoms with Crippen LogP contribution in [0.25, 0.3) is 0 Å². The van der Waals surface area contributed by atoms with Gasteiger partial charge in [0.1, 0.15) is 5.75 Å². The number of aromatic hydroxyl groups is 1. The second-order valence-electron chi connectivity index (χ2n) is 6.29. The van der Waals surface area contributed by atoms with Crippen LogP contribution in [0, 0.1) is 5.92 Å². The molecular formula is C19H23Cl2NO2. The minimum absolute atomic E-state index is 0. The van der Waals surface area contributed by atoms with Gasteiger partial charge in [-0.1, -0.05) is 29.8 Å². The molecule has 0 fully saturated rings. The van der Waals surface area contributed by atoms with Crippen LogP contribution in [0.2, 0.25) is 5.02 Å². The molecule has 0 amide bonds. The van der Waals surface area contributed by atoms with Crippen LogP contribution in [0.15, 0.2) is 42.5 Å². The average molecular weight is 368 g/mol. The maximum absolute atomic E-state index is 10.2. The molecule has 2 aromatic carbocycles. The summed E-state index contributed by atoms with van der Waals surface area (Å²) in [5, 5.41) is 23.8. The fourth-order valence-corrected chi connectivity index (χ4v) is 3.45. The predicted octanol–water partition coefficient (Wildman–Crippen LogP) is 3.90. The van der Waals surface area contributed by atoms with Gasteiger partial charge in [-0.05, 0) is 72.7 Å². The Bertz CT molecular complexity index is 678. The molecule has 3 nitrogen and oxygen atoms in total. The quantitative estimate of drug-likeness (QED) is 0.751. The number of fused-ring (bicyclic) bond motifs is 1. The van der Waals surface area contributed by atoms with E-state index in [9.17, 15) is 10.2 Å². The number of aryl methyl sites for hydroxylation is 1. The van der Waals surface area contributed by atoms with E-state index in [1.54, 1.807) is 12.1 Å². The smallest absolute Gasteiger partial charge is 0.115 e. The number of hydrogen-bond donors (Lipinski definition) is 3. The molecule has 0 saturated carbocycles. The van der Waals surface area contributed by atoms with Crippen LogP contribution in [0.5, 0.6) is 5.75 Å². The first-order valence-electron chi connectivity index (χ1n) is 8.07. The molecule has 2 aromatic rings. The third-order valence-electron chi connectivity index (χ3n) is 4.52. The molecule has 0 bridgehead atoms. The zero-order valence-electron chi connectivity index (χ0n) is 13.4. The van der Waals surface area contributed by atoms with Crippen molar-refractivity contribution in [3.05, 3.63) is 64.2 Å². The first-order valence-corrected chi connectivity index (χ1v) is 8.44. The monoisotopic (exact) mass is 367 g/mol. The van der Waals surface area contributed by atoms with Crippen molar-refractivity contribution in [1.82, 2.24) is 5.32 Å². The summed E-state index contributed by atoms with van der Waals surface area (Å²) in [5.41, 5.74) is 3.44. The van der Waals surface area contributed by atoms with E-state index in [0.29, 0.717) is 23.2 Å². The minimum atomic E-state index is -0.540. The molecule has 0 aliphatic heterocycles. The molecule has 0 aromatic heterocycles. The van der Waals surface area contributed by atoms with E-state index in [1.165, 1.54) is 11.1 Å². The maximum atomic E-state index is 10.2. The van der Waals surface area contributed by atoms with E-state index < -0.39 is 6.10 Å². The summed E-state index contributed by atoms with van der Waals surface area (Å²) in [5.74, 6) is 0.920. The molecule has 24 heavy (non-hydrogen) atoms. The van der Waals surface area contributed by atoms with Crippen molar-refractivity contribution >= 4 is 24.0 Å². The summed E-state index contributed by atoms with van der Waals surface area (Å²) in [7, 11) is 0. The number of aliphatic hydroxyl groups is 1. The Balaban J connectivity index is 0.00000208. The lowest BCUT2D eigenvalue weighted by atomic mass is 9.84. The number of hydrogen-bond acceptors (Lipinski definition) is 3. The first kappa shape index (κ1) is 19.1. The molecular weight excluding hydrogens is 345 g/mol. The van der Waals surface area contributed by atoms with Gasteiger partial charge in [-0.2, -0.15) is 0 Å². The van der Waals surface area contributed by atoms with Crippen molar-refractivity contribution in [2.24, 2.45) is 5.92 Å². The average Bonchev–Trinajstić information content (AvgIpc) is 2.55. The highest BCUT2D eigenvalue weighted by Crippen LogP contribution is 2.28. The molecule has 3 N–H and O–H groups in total. The van der Waals surface area contributed by atoms with Gasteiger partial charge >= 0.3 is 0 Å². The zero-order chi connectivity index (χ0) is 16.2. The zero-order valence-corrected chi connectivity index (χ0v) is 15.0. The summed E-state index contributed by atoms with van der Waals surface area (Å²) in [6.45, 7) is 1.41. The van der Waals surface area contributed by atoms with Crippen molar-refractivity contribution in [3.8, 4) is 5.75 Å². The topological polar surface area (TPSA) is 52.5 Å². The number of rotatable bonds is 5. The van der Waals surface area contributed by atoms with E-state index in [-0.39, 0.29) is 12.4 Å². The van der Waals surface area contributed by atoms with Gasteiger partial charge in [0, 0.05) is 11.6 Å². The largest absolute Gasteiger partial charge is 0.508 e. The van der Waals surface area contributed by atoms with Gasteiger partial charge in [0.15, 0.2) is 0 Å². The summed E-state index contributed by atoms with van der Waals surface area (Å²) in [4.78, 5) is 0. The molecule has 130 valence electrons. The maximum Gasteiger partial charge on any atom is 0.115 e. The Morgan fingerprint density at radius 1 is 1.17 bits per heavy atom. The second-order valence-corrected chi connectivity index (χ2v) is 6.73. The Labute approximate surface area is 154 Å². The Hall–Kier alpha value is -1.26. The third kappa shape index (κ3) is 4.87. The standard InChI is InChI=1S/C19H22ClNO2.ClH/c20-17-3-1-2-16(9-17)19(23)12-21-11-13-4-5-15-10-18(22)7-6-14(15)8-13;/h1-3,6-7,9-10,13,19,21-23H,4-5,8,11-12H2;1H. The van der Waals surface area contributed by atoms with Crippen LogP contribution in [0.1, 0.15) is 29.2 Å². The molecule has 5 heteroatoms. The number of phenols is 1. The highest BCUT2D eigenvalue weighted by atomic mass is 35.5. The summed E-state index contributed by atoms with van der Waals surface area (Å²) in [6, 6.07) is 13.0. The van der Waals surface area contributed by atoms with E-state index >= 15 is 0 Å². The molecule has 2 unspecified atom stereocenters. The van der Waals surface area contributed by atoms with Crippen LogP contribution >= 0.6 is 24.0 Å². The van der Waals surface area contributed by atoms with Crippen molar-refractivity contribution in [3.63, 3.8) is 0 Å². The Kier molecular flexibility index (Phi) is 6.93. The number of nitrogens with one attached hydrogen (secondary N) is 1. The molecule has 0 radical (unpaired) electrons. The van der Waals surface area contributed by atoms with Crippen LogP contribution in [-0.4, -0.2) is 23.3 Å². The van der Waals surface area contributed by atoms with E-state index in [1.807, 2.05) is 30.3 Å². The molecule has 1 aliphatic carbocycles. The van der Waals surface area contributed by atoms with Crippen LogP contribution < -0.4 is 5.32 Å². The Morgan fingerprint density at radius 3 is 2.79 bits per heavy atom. The summed E-state index contributed by atoms with van der Waals surface area (Å²) in [6.07, 6.45) is 2.60. The van der Waals surface area contributed by atoms with Crippen molar-refractivity contribution in [1.29, 1.82) is 0 Å². The van der Waals surface area contributed by atoms with E-state index in [0.717, 1.165) is 31.4 Å². The number of benzene rings is 2. The predicted molar refractivity (Wildman–Crippen MR) is 100 cm³/mol. The number of halogens is 2. The molecule has 1 aliphatic rings. The van der Waals surface area contributed by atoms with Gasteiger partial charge < -0.3 is 15.5 Å². The lowest BCUT2D eigenvalue weighted by molar-refractivity contribution is 0.172. The molecule has 0 spiro atoms. The highest BCUT2D eigenvalue weighted by molar-refractivity contribution is 6.30. The third-order valence-corrected chi connectivity index (χ3v) is 4.76.